The van der Waals surface area contributed by atoms with E-state index in [-0.39, 0.29) is 5.56 Å². The molecular weight excluding hydrogens is 465 g/mol. The van der Waals surface area contributed by atoms with Crippen molar-refractivity contribution in [3.05, 3.63) is 27.3 Å². The van der Waals surface area contributed by atoms with Crippen LogP contribution in [0.25, 0.3) is 0 Å². The lowest BCUT2D eigenvalue weighted by Gasteiger charge is -2.25. The third-order valence-corrected chi connectivity index (χ3v) is 4.31. The average Bonchev–Trinajstić information content (AvgIpc) is 2.43. The van der Waals surface area contributed by atoms with Gasteiger partial charge in [0, 0.05) is 10.6 Å². The number of ether oxygens (including phenoxy) is 2. The van der Waals surface area contributed by atoms with Crippen molar-refractivity contribution >= 4 is 50.5 Å². The van der Waals surface area contributed by atoms with Gasteiger partial charge in [-0.25, -0.2) is 18.0 Å². The molecule has 0 fully saturated rings. The Kier molecular flexibility index (Phi) is 7.20. The predicted octanol–water partition coefficient (Wildman–Crippen LogP) is 2.36. The van der Waals surface area contributed by atoms with Crippen molar-refractivity contribution in [3.8, 4) is 0 Å². The van der Waals surface area contributed by atoms with Gasteiger partial charge < -0.3 is 14.0 Å². The molecule has 0 N–H and O–H groups in total. The van der Waals surface area contributed by atoms with Crippen molar-refractivity contribution in [2.24, 2.45) is 0 Å². The van der Waals surface area contributed by atoms with E-state index in [0.717, 1.165) is 0 Å². The number of rotatable bonds is 5. The summed E-state index contributed by atoms with van der Waals surface area (Å²) in [6.07, 6.45) is -0.540. The largest absolute Gasteiger partial charge is 0.748 e. The third-order valence-electron chi connectivity index (χ3n) is 2.78. The molecule has 0 aliphatic carbocycles. The first-order valence-corrected chi connectivity index (χ1v) is 9.83. The SMILES string of the molecule is CN(C(=O)OC(C)(C)C)c1ccc(C(=O)OCCS(=O)(=O)[O-])cc1I. The maximum Gasteiger partial charge on any atom is 0.414 e. The normalized spacial score (nSPS) is 11.8. The first-order chi connectivity index (χ1) is 11.3. The van der Waals surface area contributed by atoms with Gasteiger partial charge in [0.05, 0.1) is 27.1 Å². The molecule has 10 heteroatoms. The van der Waals surface area contributed by atoms with Crippen LogP contribution in [0.5, 0.6) is 0 Å². The summed E-state index contributed by atoms with van der Waals surface area (Å²) in [5, 5.41) is 0. The fourth-order valence-corrected chi connectivity index (χ4v) is 2.82. The standard InChI is InChI=1S/C15H20INO7S/c1-15(2,3)24-14(19)17(4)12-6-5-10(9-11(12)16)13(18)23-7-8-25(20,21)22/h5-6,9H,7-8H2,1-4H3,(H,20,21,22)/p-1. The van der Waals surface area contributed by atoms with Crippen molar-refractivity contribution in [2.75, 3.05) is 24.3 Å². The monoisotopic (exact) mass is 484 g/mol. The lowest BCUT2D eigenvalue weighted by molar-refractivity contribution is 0.0527. The highest BCUT2D eigenvalue weighted by Crippen LogP contribution is 2.25. The molecule has 0 saturated carbocycles. The fourth-order valence-electron chi connectivity index (χ4n) is 1.65. The van der Waals surface area contributed by atoms with E-state index in [0.29, 0.717) is 9.26 Å². The smallest absolute Gasteiger partial charge is 0.414 e. The molecule has 0 atom stereocenters. The summed E-state index contributed by atoms with van der Waals surface area (Å²) in [7, 11) is -2.90. The Morgan fingerprint density at radius 3 is 2.36 bits per heavy atom. The zero-order chi connectivity index (χ0) is 19.4. The molecule has 8 nitrogen and oxygen atoms in total. The van der Waals surface area contributed by atoms with Crippen LogP contribution in [-0.4, -0.2) is 50.0 Å². The van der Waals surface area contributed by atoms with Crippen molar-refractivity contribution in [2.45, 2.75) is 26.4 Å². The van der Waals surface area contributed by atoms with Crippen LogP contribution in [0.1, 0.15) is 31.1 Å². The summed E-state index contributed by atoms with van der Waals surface area (Å²) in [6.45, 7) is 4.75. The van der Waals surface area contributed by atoms with Crippen LogP contribution in [0.15, 0.2) is 18.2 Å². The summed E-state index contributed by atoms with van der Waals surface area (Å²) >= 11 is 1.95. The van der Waals surface area contributed by atoms with Crippen molar-refractivity contribution in [1.82, 2.24) is 0 Å². The van der Waals surface area contributed by atoms with Crippen molar-refractivity contribution in [1.29, 1.82) is 0 Å². The molecule has 0 bridgehead atoms. The lowest BCUT2D eigenvalue weighted by Crippen LogP contribution is -2.34. The summed E-state index contributed by atoms with van der Waals surface area (Å²) in [4.78, 5) is 25.3. The molecule has 1 rings (SSSR count). The summed E-state index contributed by atoms with van der Waals surface area (Å²) in [5.74, 6) is -1.54. The van der Waals surface area contributed by atoms with Gasteiger partial charge in [-0.15, -0.1) is 0 Å². The number of halogens is 1. The quantitative estimate of drug-likeness (QED) is 0.358. The van der Waals surface area contributed by atoms with Gasteiger partial charge in [-0.3, -0.25) is 4.90 Å². The van der Waals surface area contributed by atoms with Crippen LogP contribution < -0.4 is 4.90 Å². The molecule has 0 saturated heterocycles. The Morgan fingerprint density at radius 1 is 1.28 bits per heavy atom. The first-order valence-electron chi connectivity index (χ1n) is 7.17. The number of esters is 1. The highest BCUT2D eigenvalue weighted by atomic mass is 127. The lowest BCUT2D eigenvalue weighted by atomic mass is 10.2. The highest BCUT2D eigenvalue weighted by molar-refractivity contribution is 14.1. The second kappa shape index (κ2) is 8.32. The van der Waals surface area contributed by atoms with E-state index in [1.807, 2.05) is 22.6 Å². The van der Waals surface area contributed by atoms with E-state index in [9.17, 15) is 22.6 Å². The Labute approximate surface area is 160 Å². The molecule has 0 spiro atoms. The number of anilines is 1. The van der Waals surface area contributed by atoms with Gasteiger partial charge in [-0.1, -0.05) is 0 Å². The number of hydrogen-bond donors (Lipinski definition) is 0. The molecular formula is C15H19INO7S-. The second-order valence-corrected chi connectivity index (χ2v) is 8.79. The average molecular weight is 484 g/mol. The summed E-state index contributed by atoms with van der Waals surface area (Å²) in [6, 6.07) is 4.48. The van der Waals surface area contributed by atoms with E-state index in [2.05, 4.69) is 0 Å². The van der Waals surface area contributed by atoms with Gasteiger partial charge in [0.25, 0.3) is 0 Å². The second-order valence-electron chi connectivity index (χ2n) is 6.10. The Hall–Kier alpha value is -1.40. The van der Waals surface area contributed by atoms with Gasteiger partial charge >= 0.3 is 12.1 Å². The van der Waals surface area contributed by atoms with E-state index in [4.69, 9.17) is 9.47 Å². The Bertz CT molecular complexity index is 756. The number of hydrogen-bond acceptors (Lipinski definition) is 7. The van der Waals surface area contributed by atoms with Crippen molar-refractivity contribution in [3.63, 3.8) is 0 Å². The summed E-state index contributed by atoms with van der Waals surface area (Å²) in [5.41, 5.74) is 0.0742. The molecule has 0 aliphatic heterocycles. The minimum atomic E-state index is -4.44. The molecule has 1 amide bonds. The summed E-state index contributed by atoms with van der Waals surface area (Å²) < 4.78 is 42.1. The predicted molar refractivity (Wildman–Crippen MR) is 98.6 cm³/mol. The molecule has 0 aliphatic rings. The molecule has 1 aromatic carbocycles. The molecule has 140 valence electrons. The molecule has 0 aromatic heterocycles. The topological polar surface area (TPSA) is 113 Å². The van der Waals surface area contributed by atoms with Crippen molar-refractivity contribution < 1.29 is 32.0 Å². The number of carbonyl (C=O) groups is 2. The van der Waals surface area contributed by atoms with Crippen LogP contribution in [0, 0.1) is 3.57 Å². The van der Waals surface area contributed by atoms with Crippen LogP contribution in [-0.2, 0) is 19.6 Å². The zero-order valence-electron chi connectivity index (χ0n) is 14.2. The van der Waals surface area contributed by atoms with Gasteiger partial charge in [-0.05, 0) is 61.6 Å². The van der Waals surface area contributed by atoms with E-state index in [1.165, 1.54) is 17.0 Å². The molecule has 1 aromatic rings. The van der Waals surface area contributed by atoms with Crippen LogP contribution in [0.2, 0.25) is 0 Å². The van der Waals surface area contributed by atoms with E-state index in [1.54, 1.807) is 33.9 Å². The third kappa shape index (κ3) is 7.57. The molecule has 0 unspecified atom stereocenters. The molecule has 0 heterocycles. The Morgan fingerprint density at radius 2 is 1.88 bits per heavy atom. The van der Waals surface area contributed by atoms with Gasteiger partial charge in [0.1, 0.15) is 12.2 Å². The zero-order valence-corrected chi connectivity index (χ0v) is 17.2. The van der Waals surface area contributed by atoms with Crippen LogP contribution in [0.3, 0.4) is 0 Å². The van der Waals surface area contributed by atoms with Crippen LogP contribution >= 0.6 is 22.6 Å². The van der Waals surface area contributed by atoms with Gasteiger partial charge in [0.15, 0.2) is 0 Å². The van der Waals surface area contributed by atoms with E-state index < -0.39 is 40.1 Å². The van der Waals surface area contributed by atoms with Gasteiger partial charge in [0.2, 0.25) is 0 Å². The number of nitrogens with zero attached hydrogens (tertiary/aromatic N) is 1. The fraction of sp³-hybridized carbons (Fsp3) is 0.467. The first kappa shape index (κ1) is 21.6. The maximum atomic E-state index is 12.1. The number of benzene rings is 1. The molecule has 0 radical (unpaired) electrons. The minimum Gasteiger partial charge on any atom is -0.748 e. The van der Waals surface area contributed by atoms with E-state index >= 15 is 0 Å². The van der Waals surface area contributed by atoms with Gasteiger partial charge in [-0.2, -0.15) is 0 Å². The maximum absolute atomic E-state index is 12.1. The minimum absolute atomic E-state index is 0.175. The highest BCUT2D eigenvalue weighted by Gasteiger charge is 2.22. The Balaban J connectivity index is 2.82. The number of carbonyl (C=O) groups excluding carboxylic acids is 2. The number of amides is 1. The van der Waals surface area contributed by atoms with Crippen LogP contribution in [0.4, 0.5) is 10.5 Å². The molecule has 25 heavy (non-hydrogen) atoms.